The summed E-state index contributed by atoms with van der Waals surface area (Å²) in [5, 5.41) is 0. The van der Waals surface area contributed by atoms with Gasteiger partial charge in [-0.3, -0.25) is 0 Å². The zero-order chi connectivity index (χ0) is 6.27. The Balaban J connectivity index is 2.99. The Morgan fingerprint density at radius 1 is 1.67 bits per heavy atom. The third-order valence-electron chi connectivity index (χ3n) is 1.36. The molecule has 0 bridgehead atoms. The monoisotopic (exact) mass is 122 g/mol. The van der Waals surface area contributed by atoms with E-state index in [0.29, 0.717) is 0 Å². The lowest BCUT2D eigenvalue weighted by molar-refractivity contribution is 0.602. The molecule has 0 saturated carbocycles. The Labute approximate surface area is 51.9 Å². The van der Waals surface area contributed by atoms with E-state index in [2.05, 4.69) is 4.98 Å². The van der Waals surface area contributed by atoms with E-state index in [4.69, 9.17) is 4.42 Å². The minimum atomic E-state index is 0.845. The van der Waals surface area contributed by atoms with Gasteiger partial charge in [-0.15, -0.1) is 0 Å². The maximum Gasteiger partial charge on any atom is 0.183 e. The lowest BCUT2D eigenvalue weighted by atomic mass is 10.6. The van der Waals surface area contributed by atoms with Crippen molar-refractivity contribution in [2.24, 2.45) is 7.05 Å². The van der Waals surface area contributed by atoms with Crippen molar-refractivity contribution in [3.63, 3.8) is 0 Å². The second kappa shape index (κ2) is 1.37. The summed E-state index contributed by atoms with van der Waals surface area (Å²) in [5.74, 6) is 0. The molecule has 2 aromatic rings. The topological polar surface area (TPSA) is 31.0 Å². The van der Waals surface area contributed by atoms with Crippen LogP contribution in [0.15, 0.2) is 23.1 Å². The number of rotatable bonds is 0. The number of hydrogen-bond acceptors (Lipinski definition) is 2. The van der Waals surface area contributed by atoms with Crippen LogP contribution in [0.1, 0.15) is 0 Å². The van der Waals surface area contributed by atoms with Crippen LogP contribution in [0, 0.1) is 0 Å². The van der Waals surface area contributed by atoms with E-state index in [0.717, 1.165) is 11.2 Å². The van der Waals surface area contributed by atoms with Crippen molar-refractivity contribution in [2.75, 3.05) is 0 Å². The van der Waals surface area contributed by atoms with Crippen LogP contribution in [-0.4, -0.2) is 9.55 Å². The molecule has 2 heterocycles. The molecular formula is C6H6N2O. The Bertz CT molecular complexity index is 320. The van der Waals surface area contributed by atoms with E-state index >= 15 is 0 Å². The number of hydrogen-bond donors (Lipinski definition) is 0. The van der Waals surface area contributed by atoms with E-state index in [1.165, 1.54) is 6.39 Å². The molecule has 2 rings (SSSR count). The summed E-state index contributed by atoms with van der Waals surface area (Å²) in [6, 6.07) is 1.89. The molecule has 3 heteroatoms. The molecule has 0 aliphatic heterocycles. The number of fused-ring (bicyclic) bond motifs is 1. The largest absolute Gasteiger partial charge is 0.442 e. The fourth-order valence-corrected chi connectivity index (χ4v) is 0.878. The molecule has 0 atom stereocenters. The van der Waals surface area contributed by atoms with Crippen molar-refractivity contribution in [2.45, 2.75) is 0 Å². The van der Waals surface area contributed by atoms with Gasteiger partial charge in [0.25, 0.3) is 0 Å². The van der Waals surface area contributed by atoms with Crippen LogP contribution in [0.5, 0.6) is 0 Å². The van der Waals surface area contributed by atoms with Gasteiger partial charge in [0, 0.05) is 19.3 Å². The van der Waals surface area contributed by atoms with E-state index in [1.807, 2.05) is 23.9 Å². The van der Waals surface area contributed by atoms with Gasteiger partial charge in [-0.25, -0.2) is 0 Å². The van der Waals surface area contributed by atoms with Gasteiger partial charge >= 0.3 is 0 Å². The minimum absolute atomic E-state index is 0.845. The van der Waals surface area contributed by atoms with Gasteiger partial charge in [0.1, 0.15) is 0 Å². The Morgan fingerprint density at radius 3 is 3.33 bits per heavy atom. The molecule has 0 fully saturated rings. The zero-order valence-corrected chi connectivity index (χ0v) is 5.03. The van der Waals surface area contributed by atoms with Gasteiger partial charge in [-0.05, 0) is 0 Å². The number of aryl methyl sites for hydroxylation is 1. The number of nitrogens with zero attached hydrogens (tertiary/aromatic N) is 2. The quantitative estimate of drug-likeness (QED) is 0.525. The second-order valence-electron chi connectivity index (χ2n) is 1.97. The van der Waals surface area contributed by atoms with Crippen LogP contribution in [0.2, 0.25) is 0 Å². The Morgan fingerprint density at radius 2 is 2.56 bits per heavy atom. The highest BCUT2D eigenvalue weighted by Crippen LogP contribution is 2.10. The molecular weight excluding hydrogens is 116 g/mol. The van der Waals surface area contributed by atoms with E-state index in [1.54, 1.807) is 0 Å². The molecule has 0 spiro atoms. The van der Waals surface area contributed by atoms with Gasteiger partial charge in [-0.1, -0.05) is 0 Å². The van der Waals surface area contributed by atoms with Crippen molar-refractivity contribution in [3.05, 3.63) is 18.7 Å². The third-order valence-corrected chi connectivity index (χ3v) is 1.36. The smallest absolute Gasteiger partial charge is 0.183 e. The van der Waals surface area contributed by atoms with Gasteiger partial charge in [-0.2, -0.15) is 4.98 Å². The van der Waals surface area contributed by atoms with Crippen molar-refractivity contribution in [3.8, 4) is 0 Å². The SMILES string of the molecule is Cn1ccc2ocnc21. The maximum atomic E-state index is 5.01. The van der Waals surface area contributed by atoms with Gasteiger partial charge in [0.05, 0.1) is 0 Å². The molecule has 0 aromatic carbocycles. The van der Waals surface area contributed by atoms with Gasteiger partial charge in [0.2, 0.25) is 0 Å². The fourth-order valence-electron chi connectivity index (χ4n) is 0.878. The molecule has 2 aromatic heterocycles. The first-order valence-corrected chi connectivity index (χ1v) is 2.72. The molecule has 0 N–H and O–H groups in total. The average Bonchev–Trinajstić information content (AvgIpc) is 2.35. The summed E-state index contributed by atoms with van der Waals surface area (Å²) in [7, 11) is 1.94. The lowest BCUT2D eigenvalue weighted by Gasteiger charge is -1.83. The Kier molecular flexibility index (Phi) is 0.704. The molecule has 9 heavy (non-hydrogen) atoms. The van der Waals surface area contributed by atoms with E-state index < -0.39 is 0 Å². The standard InChI is InChI=1S/C6H6N2O/c1-8-3-2-5-6(8)7-4-9-5/h2-4H,1H3. The summed E-state index contributed by atoms with van der Waals surface area (Å²) in [5.41, 5.74) is 1.74. The molecule has 0 amide bonds. The number of oxazole rings is 1. The lowest BCUT2D eigenvalue weighted by Crippen LogP contribution is -1.82. The second-order valence-corrected chi connectivity index (χ2v) is 1.97. The van der Waals surface area contributed by atoms with Crippen molar-refractivity contribution in [1.82, 2.24) is 9.55 Å². The van der Waals surface area contributed by atoms with Crippen molar-refractivity contribution >= 4 is 11.2 Å². The van der Waals surface area contributed by atoms with E-state index in [-0.39, 0.29) is 0 Å². The predicted molar refractivity (Wildman–Crippen MR) is 33.0 cm³/mol. The highest BCUT2D eigenvalue weighted by molar-refractivity contribution is 5.68. The molecule has 3 nitrogen and oxygen atoms in total. The highest BCUT2D eigenvalue weighted by atomic mass is 16.3. The van der Waals surface area contributed by atoms with Crippen LogP contribution in [-0.2, 0) is 7.05 Å². The number of aromatic nitrogens is 2. The van der Waals surface area contributed by atoms with Crippen LogP contribution in [0.25, 0.3) is 11.2 Å². The highest BCUT2D eigenvalue weighted by Gasteiger charge is 1.98. The molecule has 0 radical (unpaired) electrons. The molecule has 46 valence electrons. The third kappa shape index (κ3) is 0.483. The predicted octanol–water partition coefficient (Wildman–Crippen LogP) is 1.17. The summed E-state index contributed by atoms with van der Waals surface area (Å²) >= 11 is 0. The van der Waals surface area contributed by atoms with Crippen LogP contribution >= 0.6 is 0 Å². The van der Waals surface area contributed by atoms with Crippen LogP contribution in [0.4, 0.5) is 0 Å². The fraction of sp³-hybridized carbons (Fsp3) is 0.167. The van der Waals surface area contributed by atoms with Gasteiger partial charge in [0.15, 0.2) is 17.6 Å². The molecule has 0 aliphatic carbocycles. The first kappa shape index (κ1) is 4.61. The molecule has 0 saturated heterocycles. The summed E-state index contributed by atoms with van der Waals surface area (Å²) in [6.45, 7) is 0. The van der Waals surface area contributed by atoms with Crippen LogP contribution in [0.3, 0.4) is 0 Å². The van der Waals surface area contributed by atoms with Crippen molar-refractivity contribution < 1.29 is 4.42 Å². The first-order valence-electron chi connectivity index (χ1n) is 2.72. The average molecular weight is 122 g/mol. The van der Waals surface area contributed by atoms with Crippen molar-refractivity contribution in [1.29, 1.82) is 0 Å². The van der Waals surface area contributed by atoms with Gasteiger partial charge < -0.3 is 8.98 Å². The summed E-state index contributed by atoms with van der Waals surface area (Å²) in [6.07, 6.45) is 3.37. The molecule has 0 aliphatic rings. The summed E-state index contributed by atoms with van der Waals surface area (Å²) < 4.78 is 6.92. The first-order chi connectivity index (χ1) is 4.38. The summed E-state index contributed by atoms with van der Waals surface area (Å²) in [4.78, 5) is 3.97. The zero-order valence-electron chi connectivity index (χ0n) is 5.03. The Hall–Kier alpha value is -1.25. The molecule has 0 unspecified atom stereocenters. The normalized spacial score (nSPS) is 10.8. The van der Waals surface area contributed by atoms with E-state index in [9.17, 15) is 0 Å². The maximum absolute atomic E-state index is 5.01. The minimum Gasteiger partial charge on any atom is -0.442 e. The van der Waals surface area contributed by atoms with Crippen LogP contribution < -0.4 is 0 Å².